The second-order valence-corrected chi connectivity index (χ2v) is 9.59. The van der Waals surface area contributed by atoms with Gasteiger partial charge in [0.1, 0.15) is 0 Å². The number of aromatic nitrogens is 1. The standard InChI is InChI=1S/C14H22N4O3S2/c1-14(2-9-23(20,21)11-14)16-12(19)10-17-4-6-18(7-5-17)13-15-3-8-22-13/h3,8H,2,4-7,9-11H2,1H3,(H,16,19)/t14-/m1/s1. The van der Waals surface area contributed by atoms with E-state index in [1.807, 2.05) is 12.3 Å². The predicted molar refractivity (Wildman–Crippen MR) is 90.6 cm³/mol. The Kier molecular flexibility index (Phi) is 4.61. The van der Waals surface area contributed by atoms with Crippen LogP contribution in [-0.2, 0) is 14.6 Å². The van der Waals surface area contributed by atoms with E-state index < -0.39 is 15.4 Å². The summed E-state index contributed by atoms with van der Waals surface area (Å²) in [5.74, 6) is 0.118. The summed E-state index contributed by atoms with van der Waals surface area (Å²) in [5.41, 5.74) is -0.612. The van der Waals surface area contributed by atoms with Gasteiger partial charge in [0.15, 0.2) is 15.0 Å². The monoisotopic (exact) mass is 358 g/mol. The fourth-order valence-corrected chi connectivity index (χ4v) is 5.95. The first-order valence-corrected chi connectivity index (χ1v) is 10.4. The minimum absolute atomic E-state index is 0.0452. The summed E-state index contributed by atoms with van der Waals surface area (Å²) in [6.07, 6.45) is 2.30. The summed E-state index contributed by atoms with van der Waals surface area (Å²) in [4.78, 5) is 20.9. The van der Waals surface area contributed by atoms with Gasteiger partial charge in [-0.3, -0.25) is 9.69 Å². The van der Waals surface area contributed by atoms with E-state index in [0.29, 0.717) is 13.0 Å². The Morgan fingerprint density at radius 3 is 2.70 bits per heavy atom. The highest BCUT2D eigenvalue weighted by atomic mass is 32.2. The van der Waals surface area contributed by atoms with Gasteiger partial charge in [0, 0.05) is 37.8 Å². The molecule has 7 nitrogen and oxygen atoms in total. The van der Waals surface area contributed by atoms with Gasteiger partial charge >= 0.3 is 0 Å². The number of hydrogen-bond donors (Lipinski definition) is 1. The smallest absolute Gasteiger partial charge is 0.234 e. The quantitative estimate of drug-likeness (QED) is 0.813. The largest absolute Gasteiger partial charge is 0.349 e. The van der Waals surface area contributed by atoms with Crippen LogP contribution in [0, 0.1) is 0 Å². The molecule has 0 radical (unpaired) electrons. The molecule has 1 aromatic rings. The van der Waals surface area contributed by atoms with Gasteiger partial charge in [0.25, 0.3) is 0 Å². The maximum absolute atomic E-state index is 12.2. The van der Waals surface area contributed by atoms with Crippen LogP contribution in [-0.4, -0.2) is 74.0 Å². The minimum Gasteiger partial charge on any atom is -0.349 e. The van der Waals surface area contributed by atoms with E-state index in [0.717, 1.165) is 31.3 Å². The van der Waals surface area contributed by atoms with Crippen molar-refractivity contribution in [1.82, 2.24) is 15.2 Å². The van der Waals surface area contributed by atoms with Crippen molar-refractivity contribution in [2.45, 2.75) is 18.9 Å². The topological polar surface area (TPSA) is 82.6 Å². The average molecular weight is 358 g/mol. The van der Waals surface area contributed by atoms with Gasteiger partial charge in [-0.1, -0.05) is 0 Å². The summed E-state index contributed by atoms with van der Waals surface area (Å²) < 4.78 is 23.2. The van der Waals surface area contributed by atoms with Crippen LogP contribution < -0.4 is 10.2 Å². The van der Waals surface area contributed by atoms with E-state index in [1.165, 1.54) is 0 Å². The van der Waals surface area contributed by atoms with Crippen molar-refractivity contribution < 1.29 is 13.2 Å². The molecule has 23 heavy (non-hydrogen) atoms. The van der Waals surface area contributed by atoms with Crippen molar-refractivity contribution in [2.24, 2.45) is 0 Å². The van der Waals surface area contributed by atoms with Crippen molar-refractivity contribution in [3.05, 3.63) is 11.6 Å². The van der Waals surface area contributed by atoms with E-state index in [9.17, 15) is 13.2 Å². The third kappa shape index (κ3) is 4.21. The van der Waals surface area contributed by atoms with Crippen LogP contribution in [0.1, 0.15) is 13.3 Å². The van der Waals surface area contributed by atoms with Gasteiger partial charge < -0.3 is 10.2 Å². The molecule has 0 spiro atoms. The zero-order valence-electron chi connectivity index (χ0n) is 13.2. The van der Waals surface area contributed by atoms with Gasteiger partial charge in [-0.15, -0.1) is 11.3 Å². The molecule has 1 amide bonds. The van der Waals surface area contributed by atoms with Crippen LogP contribution in [0.15, 0.2) is 11.6 Å². The molecule has 0 saturated carbocycles. The molecule has 2 aliphatic rings. The SMILES string of the molecule is C[C@@]1(NC(=O)CN2CCN(c3nccs3)CC2)CCS(=O)(=O)C1. The lowest BCUT2D eigenvalue weighted by atomic mass is 10.0. The molecule has 9 heteroatoms. The fraction of sp³-hybridized carbons (Fsp3) is 0.714. The first-order valence-electron chi connectivity index (χ1n) is 7.74. The Bertz CT molecular complexity index is 654. The Labute approximate surface area is 140 Å². The molecule has 2 saturated heterocycles. The highest BCUT2D eigenvalue weighted by molar-refractivity contribution is 7.91. The third-order valence-corrected chi connectivity index (χ3v) is 7.11. The maximum atomic E-state index is 12.2. The zero-order valence-corrected chi connectivity index (χ0v) is 14.8. The second kappa shape index (κ2) is 6.37. The van der Waals surface area contributed by atoms with Gasteiger partial charge in [-0.2, -0.15) is 0 Å². The molecule has 2 aliphatic heterocycles. The molecule has 0 unspecified atom stereocenters. The van der Waals surface area contributed by atoms with Crippen molar-refractivity contribution >= 4 is 32.2 Å². The number of carbonyl (C=O) groups excluding carboxylic acids is 1. The molecule has 2 fully saturated rings. The molecule has 3 heterocycles. The Morgan fingerprint density at radius 1 is 1.39 bits per heavy atom. The molecule has 1 N–H and O–H groups in total. The maximum Gasteiger partial charge on any atom is 0.234 e. The number of thiazole rings is 1. The molecular weight excluding hydrogens is 336 g/mol. The van der Waals surface area contributed by atoms with Crippen LogP contribution in [0.25, 0.3) is 0 Å². The number of nitrogens with one attached hydrogen (secondary N) is 1. The molecule has 0 aromatic carbocycles. The number of piperazine rings is 1. The van der Waals surface area contributed by atoms with Crippen molar-refractivity contribution in [3.63, 3.8) is 0 Å². The van der Waals surface area contributed by atoms with E-state index in [2.05, 4.69) is 20.1 Å². The lowest BCUT2D eigenvalue weighted by Gasteiger charge is -2.34. The van der Waals surface area contributed by atoms with Crippen LogP contribution in [0.2, 0.25) is 0 Å². The summed E-state index contributed by atoms with van der Waals surface area (Å²) >= 11 is 1.63. The number of hydrogen-bond acceptors (Lipinski definition) is 7. The normalized spacial score (nSPS) is 28.0. The minimum atomic E-state index is -3.01. The van der Waals surface area contributed by atoms with Gasteiger partial charge in [-0.05, 0) is 13.3 Å². The van der Waals surface area contributed by atoms with E-state index in [4.69, 9.17) is 0 Å². The molecule has 0 bridgehead atoms. The summed E-state index contributed by atoms with van der Waals surface area (Å²) in [5, 5.41) is 5.90. The summed E-state index contributed by atoms with van der Waals surface area (Å²) in [6.45, 7) is 5.46. The van der Waals surface area contributed by atoms with Gasteiger partial charge in [0.05, 0.1) is 23.6 Å². The van der Waals surface area contributed by atoms with E-state index in [1.54, 1.807) is 17.5 Å². The molecule has 1 atom stereocenters. The Morgan fingerprint density at radius 2 is 2.13 bits per heavy atom. The molecule has 0 aliphatic carbocycles. The summed E-state index contributed by atoms with van der Waals surface area (Å²) in [7, 11) is -3.01. The molecule has 1 aromatic heterocycles. The Balaban J connectivity index is 1.46. The highest BCUT2D eigenvalue weighted by Crippen LogP contribution is 2.23. The van der Waals surface area contributed by atoms with Crippen molar-refractivity contribution in [2.75, 3.05) is 49.1 Å². The molecule has 128 valence electrons. The van der Waals surface area contributed by atoms with E-state index >= 15 is 0 Å². The first kappa shape index (κ1) is 16.7. The van der Waals surface area contributed by atoms with Crippen LogP contribution in [0.3, 0.4) is 0 Å². The van der Waals surface area contributed by atoms with Gasteiger partial charge in [0.2, 0.25) is 5.91 Å². The van der Waals surface area contributed by atoms with Gasteiger partial charge in [-0.25, -0.2) is 13.4 Å². The zero-order chi connectivity index (χ0) is 16.5. The Hall–Kier alpha value is -1.19. The highest BCUT2D eigenvalue weighted by Gasteiger charge is 2.39. The fourth-order valence-electron chi connectivity index (χ4n) is 3.16. The number of sulfone groups is 1. The van der Waals surface area contributed by atoms with Crippen LogP contribution >= 0.6 is 11.3 Å². The number of amides is 1. The van der Waals surface area contributed by atoms with Crippen LogP contribution in [0.5, 0.6) is 0 Å². The van der Waals surface area contributed by atoms with E-state index in [-0.39, 0.29) is 17.4 Å². The molecule has 3 rings (SSSR count). The number of carbonyl (C=O) groups is 1. The predicted octanol–water partition coefficient (Wildman–Crippen LogP) is -0.0415. The third-order valence-electron chi connectivity index (χ3n) is 4.37. The second-order valence-electron chi connectivity index (χ2n) is 6.53. The summed E-state index contributed by atoms with van der Waals surface area (Å²) in [6, 6.07) is 0. The lowest BCUT2D eigenvalue weighted by Crippen LogP contribution is -2.53. The van der Waals surface area contributed by atoms with Crippen molar-refractivity contribution in [3.8, 4) is 0 Å². The number of nitrogens with zero attached hydrogens (tertiary/aromatic N) is 3. The first-order chi connectivity index (χ1) is 10.9. The molecular formula is C14H22N4O3S2. The van der Waals surface area contributed by atoms with Crippen molar-refractivity contribution in [1.29, 1.82) is 0 Å². The van der Waals surface area contributed by atoms with Crippen LogP contribution in [0.4, 0.5) is 5.13 Å². The average Bonchev–Trinajstić information content (AvgIpc) is 3.08. The number of anilines is 1. The number of rotatable bonds is 4. The lowest BCUT2D eigenvalue weighted by molar-refractivity contribution is -0.123.